The van der Waals surface area contributed by atoms with E-state index in [0.29, 0.717) is 6.42 Å². The zero-order chi connectivity index (χ0) is 15.9. The van der Waals surface area contributed by atoms with Crippen molar-refractivity contribution < 1.29 is 9.90 Å². The number of nitrogens with zero attached hydrogens (tertiary/aromatic N) is 1. The molecule has 22 heavy (non-hydrogen) atoms. The molecule has 1 aliphatic heterocycles. The number of carboxylic acid groups (broad SMARTS) is 1. The molecule has 2 aromatic rings. The van der Waals surface area contributed by atoms with Gasteiger partial charge in [-0.1, -0.05) is 45.0 Å². The molecule has 0 amide bonds. The van der Waals surface area contributed by atoms with Crippen LogP contribution in [0.4, 0.5) is 0 Å². The fraction of sp³-hybridized carbons (Fsp3) is 0.412. The summed E-state index contributed by atoms with van der Waals surface area (Å²) in [6.07, 6.45) is 2.06. The first-order valence-electron chi connectivity index (χ1n) is 7.47. The minimum absolute atomic E-state index is 0.0968. The van der Waals surface area contributed by atoms with Gasteiger partial charge < -0.3 is 10.1 Å². The zero-order valence-electron chi connectivity index (χ0n) is 13.1. The number of fused-ring (bicyclic) bond motifs is 1. The first kappa shape index (κ1) is 14.8. The Bertz CT molecular complexity index is 683. The number of aromatic nitrogens is 2. The van der Waals surface area contributed by atoms with Gasteiger partial charge in [0.1, 0.15) is 6.04 Å². The van der Waals surface area contributed by atoms with Crippen LogP contribution in [0.5, 0.6) is 0 Å². The average molecular weight is 299 g/mol. The van der Waals surface area contributed by atoms with E-state index in [1.54, 1.807) is 6.33 Å². The van der Waals surface area contributed by atoms with Crippen molar-refractivity contribution in [2.45, 2.75) is 44.7 Å². The Kier molecular flexibility index (Phi) is 3.53. The summed E-state index contributed by atoms with van der Waals surface area (Å²) in [5.74, 6) is -0.837. The van der Waals surface area contributed by atoms with Crippen LogP contribution in [0, 0.1) is 0 Å². The minimum Gasteiger partial charge on any atom is -0.480 e. The molecule has 0 saturated carbocycles. The first-order valence-corrected chi connectivity index (χ1v) is 7.47. The summed E-state index contributed by atoms with van der Waals surface area (Å²) in [5, 5.41) is 12.5. The maximum absolute atomic E-state index is 11.4. The van der Waals surface area contributed by atoms with Gasteiger partial charge in [-0.2, -0.15) is 0 Å². The van der Waals surface area contributed by atoms with Crippen LogP contribution in [0.15, 0.2) is 30.6 Å². The highest BCUT2D eigenvalue weighted by Crippen LogP contribution is 2.30. The maximum Gasteiger partial charge on any atom is 0.321 e. The molecule has 0 fully saturated rings. The van der Waals surface area contributed by atoms with Gasteiger partial charge in [0.15, 0.2) is 0 Å². The standard InChI is InChI=1S/C17H21N3O2/c1-17(2,3)11-6-4-10(5-7-11)14-15-12(18-9-19-15)8-13(20-14)16(21)22/h4-7,9,13-14,20H,8H2,1-3H3,(H,18,19)(H,21,22). The minimum atomic E-state index is -0.837. The third-order valence-electron chi connectivity index (χ3n) is 4.21. The number of hydrogen-bond acceptors (Lipinski definition) is 3. The highest BCUT2D eigenvalue weighted by Gasteiger charge is 2.33. The molecule has 2 unspecified atom stereocenters. The second-order valence-corrected chi connectivity index (χ2v) is 6.83. The summed E-state index contributed by atoms with van der Waals surface area (Å²) < 4.78 is 0. The summed E-state index contributed by atoms with van der Waals surface area (Å²) in [7, 11) is 0. The third kappa shape index (κ3) is 2.64. The first-order chi connectivity index (χ1) is 10.4. The number of benzene rings is 1. The van der Waals surface area contributed by atoms with Gasteiger partial charge in [0.2, 0.25) is 0 Å². The lowest BCUT2D eigenvalue weighted by molar-refractivity contribution is -0.139. The van der Waals surface area contributed by atoms with Gasteiger partial charge in [-0.25, -0.2) is 4.98 Å². The van der Waals surface area contributed by atoms with Gasteiger partial charge in [-0.3, -0.25) is 10.1 Å². The molecule has 0 saturated heterocycles. The van der Waals surface area contributed by atoms with Crippen molar-refractivity contribution in [3.63, 3.8) is 0 Å². The monoisotopic (exact) mass is 299 g/mol. The van der Waals surface area contributed by atoms with Crippen LogP contribution in [0.2, 0.25) is 0 Å². The quantitative estimate of drug-likeness (QED) is 0.795. The lowest BCUT2D eigenvalue weighted by atomic mass is 9.85. The number of carboxylic acids is 1. The lowest BCUT2D eigenvalue weighted by Crippen LogP contribution is -2.45. The van der Waals surface area contributed by atoms with Gasteiger partial charge in [0.05, 0.1) is 18.1 Å². The van der Waals surface area contributed by atoms with Crippen LogP contribution >= 0.6 is 0 Å². The number of hydrogen-bond donors (Lipinski definition) is 3. The summed E-state index contributed by atoms with van der Waals surface area (Å²) in [6, 6.07) is 7.54. The Morgan fingerprint density at radius 2 is 1.95 bits per heavy atom. The van der Waals surface area contributed by atoms with Crippen molar-refractivity contribution in [2.75, 3.05) is 0 Å². The van der Waals surface area contributed by atoms with Crippen molar-refractivity contribution in [1.29, 1.82) is 0 Å². The highest BCUT2D eigenvalue weighted by molar-refractivity contribution is 5.74. The predicted octanol–water partition coefficient (Wildman–Crippen LogP) is 2.40. The Morgan fingerprint density at radius 1 is 1.27 bits per heavy atom. The second kappa shape index (κ2) is 5.25. The molecule has 1 aromatic heterocycles. The third-order valence-corrected chi connectivity index (χ3v) is 4.21. The molecule has 5 nitrogen and oxygen atoms in total. The van der Waals surface area contributed by atoms with E-state index in [9.17, 15) is 9.90 Å². The van der Waals surface area contributed by atoms with E-state index in [-0.39, 0.29) is 11.5 Å². The van der Waals surface area contributed by atoms with Crippen LogP contribution in [-0.2, 0) is 16.6 Å². The van der Waals surface area contributed by atoms with Gasteiger partial charge >= 0.3 is 5.97 Å². The average Bonchev–Trinajstić information content (AvgIpc) is 2.93. The molecule has 0 spiro atoms. The van der Waals surface area contributed by atoms with Gasteiger partial charge in [0.25, 0.3) is 0 Å². The summed E-state index contributed by atoms with van der Waals surface area (Å²) in [5.41, 5.74) is 4.17. The van der Waals surface area contributed by atoms with Crippen LogP contribution < -0.4 is 5.32 Å². The number of imidazole rings is 1. The zero-order valence-corrected chi connectivity index (χ0v) is 13.1. The molecule has 1 aromatic carbocycles. The molecule has 0 aliphatic carbocycles. The molecule has 3 rings (SSSR count). The topological polar surface area (TPSA) is 78.0 Å². The Hall–Kier alpha value is -2.14. The van der Waals surface area contributed by atoms with Gasteiger partial charge in [-0.05, 0) is 16.5 Å². The van der Waals surface area contributed by atoms with E-state index in [1.165, 1.54) is 5.56 Å². The Balaban J connectivity index is 1.95. The summed E-state index contributed by atoms with van der Waals surface area (Å²) in [6.45, 7) is 6.52. The van der Waals surface area contributed by atoms with Crippen molar-refractivity contribution in [2.24, 2.45) is 0 Å². The molecule has 1 aliphatic rings. The molecule has 2 heterocycles. The summed E-state index contributed by atoms with van der Waals surface area (Å²) >= 11 is 0. The molecule has 5 heteroatoms. The van der Waals surface area contributed by atoms with Crippen molar-refractivity contribution in [3.05, 3.63) is 53.1 Å². The van der Waals surface area contributed by atoms with Crippen LogP contribution in [0.1, 0.15) is 49.3 Å². The fourth-order valence-corrected chi connectivity index (χ4v) is 2.88. The largest absolute Gasteiger partial charge is 0.480 e. The van der Waals surface area contributed by atoms with Crippen molar-refractivity contribution in [3.8, 4) is 0 Å². The normalized spacial score (nSPS) is 21.4. The highest BCUT2D eigenvalue weighted by atomic mass is 16.4. The lowest BCUT2D eigenvalue weighted by Gasteiger charge is -2.29. The predicted molar refractivity (Wildman–Crippen MR) is 83.8 cm³/mol. The number of H-pyrrole nitrogens is 1. The van der Waals surface area contributed by atoms with E-state index < -0.39 is 12.0 Å². The van der Waals surface area contributed by atoms with E-state index in [1.807, 2.05) is 0 Å². The number of aliphatic carboxylic acids is 1. The van der Waals surface area contributed by atoms with E-state index in [0.717, 1.165) is 17.0 Å². The molecule has 2 atom stereocenters. The fourth-order valence-electron chi connectivity index (χ4n) is 2.88. The number of rotatable bonds is 2. The molecule has 3 N–H and O–H groups in total. The molecule has 0 bridgehead atoms. The summed E-state index contributed by atoms with van der Waals surface area (Å²) in [4.78, 5) is 18.8. The van der Waals surface area contributed by atoms with E-state index in [2.05, 4.69) is 60.3 Å². The van der Waals surface area contributed by atoms with E-state index in [4.69, 9.17) is 0 Å². The van der Waals surface area contributed by atoms with Crippen molar-refractivity contribution >= 4 is 5.97 Å². The van der Waals surface area contributed by atoms with Crippen LogP contribution in [0.25, 0.3) is 0 Å². The number of aromatic amines is 1. The number of nitrogens with one attached hydrogen (secondary N) is 2. The van der Waals surface area contributed by atoms with Gasteiger partial charge in [0, 0.05) is 12.1 Å². The van der Waals surface area contributed by atoms with Crippen LogP contribution in [0.3, 0.4) is 0 Å². The van der Waals surface area contributed by atoms with Crippen LogP contribution in [-0.4, -0.2) is 27.1 Å². The SMILES string of the molecule is CC(C)(C)c1ccc(C2NC(C(=O)O)Cc3[nH]cnc32)cc1. The van der Waals surface area contributed by atoms with Crippen molar-refractivity contribution in [1.82, 2.24) is 15.3 Å². The Morgan fingerprint density at radius 3 is 2.55 bits per heavy atom. The molecule has 116 valence electrons. The molecule has 0 radical (unpaired) electrons. The smallest absolute Gasteiger partial charge is 0.321 e. The second-order valence-electron chi connectivity index (χ2n) is 6.83. The molecular weight excluding hydrogens is 278 g/mol. The Labute approximate surface area is 129 Å². The number of carbonyl (C=O) groups is 1. The van der Waals surface area contributed by atoms with Gasteiger partial charge in [-0.15, -0.1) is 0 Å². The van der Waals surface area contributed by atoms with E-state index >= 15 is 0 Å². The maximum atomic E-state index is 11.4. The molecular formula is C17H21N3O2.